The minimum absolute atomic E-state index is 0.356. The van der Waals surface area contributed by atoms with Crippen LogP contribution in [0.4, 0.5) is 0 Å². The SMILES string of the molecule is CCNC(C)(C#N)CCCN1CCN(C)C(CC)C1. The van der Waals surface area contributed by atoms with E-state index in [1.54, 1.807) is 0 Å². The average Bonchev–Trinajstić information content (AvgIpc) is 2.41. The average molecular weight is 266 g/mol. The molecule has 0 spiro atoms. The van der Waals surface area contributed by atoms with E-state index in [-0.39, 0.29) is 5.54 Å². The molecule has 0 saturated carbocycles. The zero-order valence-electron chi connectivity index (χ0n) is 13.1. The lowest BCUT2D eigenvalue weighted by Gasteiger charge is -2.39. The van der Waals surface area contributed by atoms with E-state index in [0.29, 0.717) is 6.04 Å². The maximum Gasteiger partial charge on any atom is 0.103 e. The second-order valence-corrected chi connectivity index (χ2v) is 5.92. The van der Waals surface area contributed by atoms with Crippen molar-refractivity contribution in [1.82, 2.24) is 15.1 Å². The highest BCUT2D eigenvalue weighted by atomic mass is 15.3. The Balaban J connectivity index is 2.31. The zero-order valence-corrected chi connectivity index (χ0v) is 13.1. The van der Waals surface area contributed by atoms with Gasteiger partial charge in [-0.3, -0.25) is 5.32 Å². The van der Waals surface area contributed by atoms with E-state index in [4.69, 9.17) is 0 Å². The molecule has 0 amide bonds. The Morgan fingerprint density at radius 2 is 2.11 bits per heavy atom. The Morgan fingerprint density at radius 1 is 1.37 bits per heavy atom. The first-order valence-electron chi connectivity index (χ1n) is 7.63. The number of piperazine rings is 1. The van der Waals surface area contributed by atoms with Gasteiger partial charge in [0.25, 0.3) is 0 Å². The first-order valence-corrected chi connectivity index (χ1v) is 7.63. The molecule has 1 rings (SSSR count). The molecule has 0 aliphatic carbocycles. The lowest BCUT2D eigenvalue weighted by atomic mass is 9.97. The fourth-order valence-corrected chi connectivity index (χ4v) is 2.88. The van der Waals surface area contributed by atoms with Crippen molar-refractivity contribution < 1.29 is 0 Å². The molecule has 2 unspecified atom stereocenters. The molecule has 4 heteroatoms. The summed E-state index contributed by atoms with van der Waals surface area (Å²) in [6.07, 6.45) is 3.25. The Hall–Kier alpha value is -0.630. The number of nitriles is 1. The van der Waals surface area contributed by atoms with Crippen molar-refractivity contribution in [2.45, 2.75) is 51.6 Å². The summed E-state index contributed by atoms with van der Waals surface area (Å²) in [6, 6.07) is 3.11. The third-order valence-electron chi connectivity index (χ3n) is 4.30. The molecule has 0 radical (unpaired) electrons. The van der Waals surface area contributed by atoms with Crippen LogP contribution in [0.1, 0.15) is 40.0 Å². The molecule has 0 aromatic rings. The molecule has 2 atom stereocenters. The van der Waals surface area contributed by atoms with Crippen LogP contribution in [-0.2, 0) is 0 Å². The van der Waals surface area contributed by atoms with Gasteiger partial charge in [-0.1, -0.05) is 13.8 Å². The van der Waals surface area contributed by atoms with E-state index in [2.05, 4.69) is 42.1 Å². The van der Waals surface area contributed by atoms with Crippen LogP contribution in [0.5, 0.6) is 0 Å². The standard InChI is InChI=1S/C15H30N4/c1-5-14-12-19(11-10-18(14)4)9-7-8-15(3,13-16)17-6-2/h14,17H,5-12H2,1-4H3. The summed E-state index contributed by atoms with van der Waals surface area (Å²) in [4.78, 5) is 5.02. The van der Waals surface area contributed by atoms with Gasteiger partial charge in [0.2, 0.25) is 0 Å². The van der Waals surface area contributed by atoms with E-state index in [0.717, 1.165) is 32.5 Å². The Morgan fingerprint density at radius 3 is 2.68 bits per heavy atom. The van der Waals surface area contributed by atoms with E-state index in [1.807, 2.05) is 6.92 Å². The molecule has 1 aliphatic rings. The monoisotopic (exact) mass is 266 g/mol. The highest BCUT2D eigenvalue weighted by Crippen LogP contribution is 2.14. The lowest BCUT2D eigenvalue weighted by molar-refractivity contribution is 0.0909. The highest BCUT2D eigenvalue weighted by molar-refractivity contribution is 5.03. The maximum absolute atomic E-state index is 9.24. The molecule has 0 aromatic carbocycles. The number of nitrogens with one attached hydrogen (secondary N) is 1. The van der Waals surface area contributed by atoms with Gasteiger partial charge in [-0.2, -0.15) is 5.26 Å². The second kappa shape index (κ2) is 7.84. The molecule has 1 saturated heterocycles. The Bertz CT molecular complexity index is 299. The smallest absolute Gasteiger partial charge is 0.103 e. The van der Waals surface area contributed by atoms with Crippen molar-refractivity contribution in [2.24, 2.45) is 0 Å². The van der Waals surface area contributed by atoms with Crippen LogP contribution >= 0.6 is 0 Å². The number of nitrogens with zero attached hydrogens (tertiary/aromatic N) is 3. The normalized spacial score (nSPS) is 24.9. The highest BCUT2D eigenvalue weighted by Gasteiger charge is 2.25. The van der Waals surface area contributed by atoms with Gasteiger partial charge in [0.1, 0.15) is 5.54 Å². The van der Waals surface area contributed by atoms with Crippen LogP contribution in [0.3, 0.4) is 0 Å². The van der Waals surface area contributed by atoms with Gasteiger partial charge in [0.05, 0.1) is 6.07 Å². The molecule has 1 N–H and O–H groups in total. The van der Waals surface area contributed by atoms with Gasteiger partial charge in [0.15, 0.2) is 0 Å². The number of likely N-dealkylation sites (N-methyl/N-ethyl adjacent to an activating group) is 1. The summed E-state index contributed by atoms with van der Waals surface area (Å²) in [7, 11) is 2.23. The first kappa shape index (κ1) is 16.4. The minimum Gasteiger partial charge on any atom is -0.301 e. The van der Waals surface area contributed by atoms with E-state index in [1.165, 1.54) is 19.5 Å². The molecular weight excluding hydrogens is 236 g/mol. The second-order valence-electron chi connectivity index (χ2n) is 5.92. The van der Waals surface area contributed by atoms with Crippen LogP contribution in [0.15, 0.2) is 0 Å². The fourth-order valence-electron chi connectivity index (χ4n) is 2.88. The molecule has 0 bridgehead atoms. The van der Waals surface area contributed by atoms with Gasteiger partial charge in [0, 0.05) is 25.7 Å². The maximum atomic E-state index is 9.24. The topological polar surface area (TPSA) is 42.3 Å². The summed E-state index contributed by atoms with van der Waals surface area (Å²) in [6.45, 7) is 11.8. The van der Waals surface area contributed by atoms with Gasteiger partial charge < -0.3 is 9.80 Å². The minimum atomic E-state index is -0.356. The molecule has 1 aliphatic heterocycles. The van der Waals surface area contributed by atoms with Gasteiger partial charge in [-0.05, 0) is 46.3 Å². The number of hydrogen-bond donors (Lipinski definition) is 1. The molecule has 1 heterocycles. The summed E-state index contributed by atoms with van der Waals surface area (Å²) >= 11 is 0. The third kappa shape index (κ3) is 5.10. The summed E-state index contributed by atoms with van der Waals surface area (Å²) < 4.78 is 0. The predicted molar refractivity (Wildman–Crippen MR) is 80.1 cm³/mol. The predicted octanol–water partition coefficient (Wildman–Crippen LogP) is 1.68. The van der Waals surface area contributed by atoms with Crippen molar-refractivity contribution >= 4 is 0 Å². The third-order valence-corrected chi connectivity index (χ3v) is 4.30. The quantitative estimate of drug-likeness (QED) is 0.761. The molecule has 4 nitrogen and oxygen atoms in total. The van der Waals surface area contributed by atoms with Crippen LogP contribution in [-0.4, -0.2) is 61.2 Å². The van der Waals surface area contributed by atoms with Crippen molar-refractivity contribution in [1.29, 1.82) is 5.26 Å². The largest absolute Gasteiger partial charge is 0.301 e. The van der Waals surface area contributed by atoms with Crippen molar-refractivity contribution in [3.63, 3.8) is 0 Å². The van der Waals surface area contributed by atoms with Crippen molar-refractivity contribution in [3.05, 3.63) is 0 Å². The van der Waals surface area contributed by atoms with Gasteiger partial charge in [-0.25, -0.2) is 0 Å². The number of hydrogen-bond acceptors (Lipinski definition) is 4. The van der Waals surface area contributed by atoms with Crippen LogP contribution < -0.4 is 5.32 Å². The zero-order chi connectivity index (χ0) is 14.3. The first-order chi connectivity index (χ1) is 9.04. The molecule has 0 aromatic heterocycles. The van der Waals surface area contributed by atoms with E-state index in [9.17, 15) is 5.26 Å². The lowest BCUT2D eigenvalue weighted by Crippen LogP contribution is -2.51. The molecule has 110 valence electrons. The van der Waals surface area contributed by atoms with E-state index >= 15 is 0 Å². The van der Waals surface area contributed by atoms with Gasteiger partial charge in [-0.15, -0.1) is 0 Å². The van der Waals surface area contributed by atoms with Crippen LogP contribution in [0.25, 0.3) is 0 Å². The van der Waals surface area contributed by atoms with E-state index < -0.39 is 0 Å². The summed E-state index contributed by atoms with van der Waals surface area (Å²) in [5.74, 6) is 0. The van der Waals surface area contributed by atoms with Crippen molar-refractivity contribution in [3.8, 4) is 6.07 Å². The van der Waals surface area contributed by atoms with Crippen molar-refractivity contribution in [2.75, 3.05) is 39.8 Å². The molecule has 19 heavy (non-hydrogen) atoms. The van der Waals surface area contributed by atoms with Crippen LogP contribution in [0.2, 0.25) is 0 Å². The fraction of sp³-hybridized carbons (Fsp3) is 0.933. The Kier molecular flexibility index (Phi) is 6.78. The number of rotatable bonds is 7. The molecule has 1 fully saturated rings. The Labute approximate surface area is 118 Å². The summed E-state index contributed by atoms with van der Waals surface area (Å²) in [5.41, 5.74) is -0.356. The summed E-state index contributed by atoms with van der Waals surface area (Å²) in [5, 5.41) is 12.5. The van der Waals surface area contributed by atoms with Gasteiger partial charge >= 0.3 is 0 Å². The van der Waals surface area contributed by atoms with Crippen LogP contribution in [0, 0.1) is 11.3 Å². The molecular formula is C15H30N4.